The normalized spacial score (nSPS) is 11.3. The van der Waals surface area contributed by atoms with E-state index >= 15 is 0 Å². The number of carbonyl (C=O) groups excluding carboxylic acids is 3. The zero-order chi connectivity index (χ0) is 15.7. The standard InChI is InChI=1S/C15H19NO5/c1-3-12(14(18)20-4-2)15(19)21-16-13(17)10-11-8-6-5-7-9-11/h5-9,12H,3-4,10H2,1-2H3,(H,16,17). The second-order valence-corrected chi connectivity index (χ2v) is 4.32. The average Bonchev–Trinajstić information content (AvgIpc) is 2.47. The van der Waals surface area contributed by atoms with Crippen LogP contribution in [-0.4, -0.2) is 24.5 Å². The first kappa shape index (κ1) is 16.7. The Bertz CT molecular complexity index is 486. The Balaban J connectivity index is 2.44. The summed E-state index contributed by atoms with van der Waals surface area (Å²) in [6.07, 6.45) is 0.330. The number of nitrogens with one attached hydrogen (secondary N) is 1. The van der Waals surface area contributed by atoms with Gasteiger partial charge in [0.25, 0.3) is 5.91 Å². The molecule has 1 atom stereocenters. The van der Waals surface area contributed by atoms with Gasteiger partial charge in [-0.25, -0.2) is 4.79 Å². The predicted molar refractivity (Wildman–Crippen MR) is 74.8 cm³/mol. The van der Waals surface area contributed by atoms with Gasteiger partial charge in [-0.3, -0.25) is 9.59 Å². The molecule has 0 aliphatic heterocycles. The van der Waals surface area contributed by atoms with Crippen LogP contribution in [0.25, 0.3) is 0 Å². The van der Waals surface area contributed by atoms with Crippen molar-refractivity contribution in [2.75, 3.05) is 6.61 Å². The van der Waals surface area contributed by atoms with Gasteiger partial charge in [0, 0.05) is 0 Å². The van der Waals surface area contributed by atoms with Crippen molar-refractivity contribution in [3.8, 4) is 0 Å². The van der Waals surface area contributed by atoms with Gasteiger partial charge < -0.3 is 9.57 Å². The first-order valence-corrected chi connectivity index (χ1v) is 6.78. The van der Waals surface area contributed by atoms with Crippen molar-refractivity contribution in [1.29, 1.82) is 0 Å². The Hall–Kier alpha value is -2.37. The molecule has 0 radical (unpaired) electrons. The molecule has 0 saturated heterocycles. The van der Waals surface area contributed by atoms with E-state index in [-0.39, 0.29) is 19.4 Å². The number of ether oxygens (including phenoxy) is 1. The highest BCUT2D eigenvalue weighted by atomic mass is 16.7. The van der Waals surface area contributed by atoms with Crippen LogP contribution in [0.2, 0.25) is 0 Å². The summed E-state index contributed by atoms with van der Waals surface area (Å²) in [5.41, 5.74) is 2.84. The number of hydroxylamine groups is 1. The van der Waals surface area contributed by atoms with Gasteiger partial charge in [-0.1, -0.05) is 37.3 Å². The fraction of sp³-hybridized carbons (Fsp3) is 0.400. The lowest BCUT2D eigenvalue weighted by Crippen LogP contribution is -2.35. The third-order valence-electron chi connectivity index (χ3n) is 2.74. The van der Waals surface area contributed by atoms with E-state index < -0.39 is 23.8 Å². The molecule has 0 fully saturated rings. The lowest BCUT2D eigenvalue weighted by molar-refractivity contribution is -0.170. The first-order valence-electron chi connectivity index (χ1n) is 6.78. The van der Waals surface area contributed by atoms with Crippen LogP contribution in [0.4, 0.5) is 0 Å². The van der Waals surface area contributed by atoms with E-state index in [1.165, 1.54) is 0 Å². The molecule has 0 saturated carbocycles. The minimum atomic E-state index is -1.03. The van der Waals surface area contributed by atoms with Gasteiger partial charge in [0.05, 0.1) is 13.0 Å². The number of hydrogen-bond acceptors (Lipinski definition) is 5. The topological polar surface area (TPSA) is 81.7 Å². The molecule has 1 rings (SSSR count). The maximum atomic E-state index is 11.7. The van der Waals surface area contributed by atoms with Crippen molar-refractivity contribution in [3.05, 3.63) is 35.9 Å². The van der Waals surface area contributed by atoms with Gasteiger partial charge in [0.1, 0.15) is 0 Å². The predicted octanol–water partition coefficient (Wildman–Crippen LogP) is 1.39. The van der Waals surface area contributed by atoms with Crippen LogP contribution in [0, 0.1) is 5.92 Å². The van der Waals surface area contributed by atoms with E-state index in [4.69, 9.17) is 4.74 Å². The van der Waals surface area contributed by atoms with Crippen LogP contribution in [0.5, 0.6) is 0 Å². The molecule has 0 aromatic heterocycles. The highest BCUT2D eigenvalue weighted by molar-refractivity contribution is 5.95. The van der Waals surface area contributed by atoms with Gasteiger partial charge >= 0.3 is 11.9 Å². The Kier molecular flexibility index (Phi) is 6.94. The molecule has 6 heteroatoms. The van der Waals surface area contributed by atoms with Crippen molar-refractivity contribution in [1.82, 2.24) is 5.48 Å². The lowest BCUT2D eigenvalue weighted by Gasteiger charge is -2.12. The number of carbonyl (C=O) groups is 3. The van der Waals surface area contributed by atoms with Crippen LogP contribution in [0.15, 0.2) is 30.3 Å². The molecule has 1 aromatic rings. The number of amides is 1. The van der Waals surface area contributed by atoms with Crippen molar-refractivity contribution in [2.45, 2.75) is 26.7 Å². The SMILES string of the molecule is CCOC(=O)C(CC)C(=O)ONC(=O)Cc1ccccc1. The zero-order valence-corrected chi connectivity index (χ0v) is 12.1. The molecule has 0 bridgehead atoms. The first-order chi connectivity index (χ1) is 10.1. The third kappa shape index (κ3) is 5.64. The smallest absolute Gasteiger partial charge is 0.346 e. The van der Waals surface area contributed by atoms with Crippen molar-refractivity contribution in [3.63, 3.8) is 0 Å². The molecule has 1 amide bonds. The van der Waals surface area contributed by atoms with Crippen LogP contribution in [-0.2, 0) is 30.4 Å². The fourth-order valence-electron chi connectivity index (χ4n) is 1.67. The molecular weight excluding hydrogens is 274 g/mol. The summed E-state index contributed by atoms with van der Waals surface area (Å²) in [7, 11) is 0. The van der Waals surface area contributed by atoms with E-state index in [9.17, 15) is 14.4 Å². The summed E-state index contributed by atoms with van der Waals surface area (Å²) in [5, 5.41) is 0. The maximum absolute atomic E-state index is 11.7. The summed E-state index contributed by atoms with van der Waals surface area (Å²) < 4.78 is 4.77. The highest BCUT2D eigenvalue weighted by Gasteiger charge is 2.28. The van der Waals surface area contributed by atoms with E-state index in [0.717, 1.165) is 5.56 Å². The van der Waals surface area contributed by atoms with Crippen molar-refractivity contribution >= 4 is 17.8 Å². The average molecular weight is 293 g/mol. The summed E-state index contributed by atoms with van der Waals surface area (Å²) in [6.45, 7) is 3.50. The largest absolute Gasteiger partial charge is 0.465 e. The van der Waals surface area contributed by atoms with Gasteiger partial charge in [-0.05, 0) is 18.9 Å². The van der Waals surface area contributed by atoms with Crippen LogP contribution in [0.3, 0.4) is 0 Å². The van der Waals surface area contributed by atoms with E-state index in [0.29, 0.717) is 0 Å². The van der Waals surface area contributed by atoms with E-state index in [1.807, 2.05) is 23.7 Å². The molecular formula is C15H19NO5. The van der Waals surface area contributed by atoms with Gasteiger partial charge in [-0.15, -0.1) is 0 Å². The second kappa shape index (κ2) is 8.73. The van der Waals surface area contributed by atoms with Gasteiger partial charge in [0.15, 0.2) is 5.92 Å². The fourth-order valence-corrected chi connectivity index (χ4v) is 1.67. The van der Waals surface area contributed by atoms with Gasteiger partial charge in [0.2, 0.25) is 0 Å². The minimum absolute atomic E-state index is 0.0876. The summed E-state index contributed by atoms with van der Waals surface area (Å²) in [6, 6.07) is 9.03. The molecule has 21 heavy (non-hydrogen) atoms. The maximum Gasteiger partial charge on any atom is 0.346 e. The Morgan fingerprint density at radius 3 is 2.33 bits per heavy atom. The second-order valence-electron chi connectivity index (χ2n) is 4.32. The van der Waals surface area contributed by atoms with E-state index in [2.05, 4.69) is 4.84 Å². The van der Waals surface area contributed by atoms with Crippen molar-refractivity contribution < 1.29 is 24.0 Å². The minimum Gasteiger partial charge on any atom is -0.465 e. The van der Waals surface area contributed by atoms with Crippen molar-refractivity contribution in [2.24, 2.45) is 5.92 Å². The molecule has 6 nitrogen and oxygen atoms in total. The van der Waals surface area contributed by atoms with Crippen LogP contribution < -0.4 is 5.48 Å². The summed E-state index contributed by atoms with van der Waals surface area (Å²) in [5.74, 6) is -2.96. The highest BCUT2D eigenvalue weighted by Crippen LogP contribution is 2.07. The molecule has 0 spiro atoms. The Morgan fingerprint density at radius 2 is 1.76 bits per heavy atom. The monoisotopic (exact) mass is 293 g/mol. The number of benzene rings is 1. The number of rotatable bonds is 6. The zero-order valence-electron chi connectivity index (χ0n) is 12.1. The molecule has 1 N–H and O–H groups in total. The third-order valence-corrected chi connectivity index (χ3v) is 2.74. The van der Waals surface area contributed by atoms with Crippen LogP contribution in [0.1, 0.15) is 25.8 Å². The van der Waals surface area contributed by atoms with Gasteiger partial charge in [-0.2, -0.15) is 5.48 Å². The molecule has 0 aliphatic carbocycles. The number of hydrogen-bond donors (Lipinski definition) is 1. The number of esters is 1. The lowest BCUT2D eigenvalue weighted by atomic mass is 10.1. The Morgan fingerprint density at radius 1 is 1.10 bits per heavy atom. The molecule has 1 unspecified atom stereocenters. The quantitative estimate of drug-likeness (QED) is 0.487. The molecule has 0 heterocycles. The summed E-state index contributed by atoms with van der Waals surface area (Å²) >= 11 is 0. The summed E-state index contributed by atoms with van der Waals surface area (Å²) in [4.78, 5) is 39.5. The molecule has 1 aromatic carbocycles. The molecule has 0 aliphatic rings. The van der Waals surface area contributed by atoms with Crippen LogP contribution >= 0.6 is 0 Å². The Labute approximate surface area is 123 Å². The van der Waals surface area contributed by atoms with E-state index in [1.54, 1.807) is 26.0 Å². The molecule has 114 valence electrons.